The summed E-state index contributed by atoms with van der Waals surface area (Å²) >= 11 is 0. The Morgan fingerprint density at radius 3 is 2.68 bits per heavy atom. The molecule has 0 radical (unpaired) electrons. The molecule has 2 amide bonds. The van der Waals surface area contributed by atoms with Crippen molar-refractivity contribution in [2.24, 2.45) is 11.7 Å². The van der Waals surface area contributed by atoms with Gasteiger partial charge in [0, 0.05) is 10.9 Å². The van der Waals surface area contributed by atoms with E-state index in [9.17, 15) is 9.18 Å². The molecule has 3 N–H and O–H groups in total. The van der Waals surface area contributed by atoms with Crippen molar-refractivity contribution in [2.75, 3.05) is 0 Å². The highest BCUT2D eigenvalue weighted by Gasteiger charge is 2.24. The van der Waals surface area contributed by atoms with E-state index in [0.717, 1.165) is 5.56 Å². The van der Waals surface area contributed by atoms with Gasteiger partial charge in [-0.25, -0.2) is 9.18 Å². The summed E-state index contributed by atoms with van der Waals surface area (Å²) < 4.78 is 19.0. The number of primary amides is 1. The van der Waals surface area contributed by atoms with Crippen molar-refractivity contribution in [3.05, 3.63) is 35.3 Å². The highest BCUT2D eigenvalue weighted by molar-refractivity contribution is 5.82. The minimum Gasteiger partial charge on any atom is -0.459 e. The molecule has 0 saturated carbocycles. The molecule has 0 unspecified atom stereocenters. The monoisotopic (exact) mass is 264 g/mol. The number of benzene rings is 1. The van der Waals surface area contributed by atoms with Gasteiger partial charge in [0.25, 0.3) is 0 Å². The van der Waals surface area contributed by atoms with Crippen LogP contribution in [-0.2, 0) is 0 Å². The molecule has 19 heavy (non-hydrogen) atoms. The zero-order valence-electron chi connectivity index (χ0n) is 11.2. The van der Waals surface area contributed by atoms with Crippen LogP contribution in [0.4, 0.5) is 9.18 Å². The fourth-order valence-electron chi connectivity index (χ4n) is 2.20. The lowest BCUT2D eigenvalue weighted by Gasteiger charge is -2.19. The normalized spacial score (nSPS) is 12.9. The van der Waals surface area contributed by atoms with Crippen LogP contribution in [0.1, 0.15) is 31.2 Å². The van der Waals surface area contributed by atoms with Crippen LogP contribution >= 0.6 is 0 Å². The molecule has 0 aliphatic heterocycles. The van der Waals surface area contributed by atoms with Crippen molar-refractivity contribution in [3.8, 4) is 0 Å². The van der Waals surface area contributed by atoms with Crippen molar-refractivity contribution in [3.63, 3.8) is 0 Å². The van der Waals surface area contributed by atoms with E-state index in [1.807, 2.05) is 20.8 Å². The molecule has 1 aromatic carbocycles. The molecule has 0 fully saturated rings. The highest BCUT2D eigenvalue weighted by Crippen LogP contribution is 2.33. The Hall–Kier alpha value is -2.04. The molecule has 2 rings (SSSR count). The smallest absolute Gasteiger partial charge is 0.312 e. The Kier molecular flexibility index (Phi) is 3.46. The van der Waals surface area contributed by atoms with E-state index in [2.05, 4.69) is 5.32 Å². The summed E-state index contributed by atoms with van der Waals surface area (Å²) in [6.07, 6.45) is 0. The summed E-state index contributed by atoms with van der Waals surface area (Å²) in [5.41, 5.74) is 6.61. The summed E-state index contributed by atoms with van der Waals surface area (Å²) in [4.78, 5) is 11.1. The molecule has 1 heterocycles. The van der Waals surface area contributed by atoms with Crippen LogP contribution in [0, 0.1) is 18.7 Å². The van der Waals surface area contributed by atoms with Gasteiger partial charge in [-0.2, -0.15) is 0 Å². The maximum atomic E-state index is 13.3. The standard InChI is InChI=1S/C14H17FN2O2/c1-7(2)12(17-14(16)18)13-8(3)10-6-9(15)4-5-11(10)19-13/h4-7,12H,1-3H3,(H3,16,17,18)/t12-/m0/s1. The van der Waals surface area contributed by atoms with E-state index in [-0.39, 0.29) is 17.8 Å². The first-order valence-electron chi connectivity index (χ1n) is 6.14. The largest absolute Gasteiger partial charge is 0.459 e. The second-order valence-corrected chi connectivity index (χ2v) is 4.96. The number of nitrogens with two attached hydrogens (primary N) is 1. The van der Waals surface area contributed by atoms with Crippen LogP contribution in [0.5, 0.6) is 0 Å². The van der Waals surface area contributed by atoms with Crippen molar-refractivity contribution in [2.45, 2.75) is 26.8 Å². The average molecular weight is 264 g/mol. The molecular weight excluding hydrogens is 247 g/mol. The van der Waals surface area contributed by atoms with E-state index in [0.29, 0.717) is 16.7 Å². The van der Waals surface area contributed by atoms with Gasteiger partial charge < -0.3 is 15.5 Å². The first-order valence-corrected chi connectivity index (χ1v) is 6.14. The first kappa shape index (κ1) is 13.4. The fraction of sp³-hybridized carbons (Fsp3) is 0.357. The summed E-state index contributed by atoms with van der Waals surface area (Å²) in [5, 5.41) is 3.38. The van der Waals surface area contributed by atoms with Gasteiger partial charge in [-0.15, -0.1) is 0 Å². The Balaban J connectivity index is 2.53. The van der Waals surface area contributed by atoms with Crippen molar-refractivity contribution in [1.82, 2.24) is 5.32 Å². The van der Waals surface area contributed by atoms with Gasteiger partial charge in [-0.3, -0.25) is 0 Å². The van der Waals surface area contributed by atoms with Crippen molar-refractivity contribution >= 4 is 17.0 Å². The third-order valence-corrected chi connectivity index (χ3v) is 3.18. The zero-order valence-corrected chi connectivity index (χ0v) is 11.2. The number of hydrogen-bond donors (Lipinski definition) is 2. The van der Waals surface area contributed by atoms with E-state index in [1.54, 1.807) is 6.07 Å². The van der Waals surface area contributed by atoms with Gasteiger partial charge >= 0.3 is 6.03 Å². The number of rotatable bonds is 3. The van der Waals surface area contributed by atoms with Gasteiger partial charge in [-0.05, 0) is 31.0 Å². The average Bonchev–Trinajstić information content (AvgIpc) is 2.63. The maximum Gasteiger partial charge on any atom is 0.312 e. The number of carbonyl (C=O) groups is 1. The molecule has 0 spiro atoms. The number of aryl methyl sites for hydroxylation is 1. The molecule has 0 saturated heterocycles. The number of halogens is 1. The lowest BCUT2D eigenvalue weighted by atomic mass is 9.98. The lowest BCUT2D eigenvalue weighted by Crippen LogP contribution is -2.35. The third-order valence-electron chi connectivity index (χ3n) is 3.18. The summed E-state index contributed by atoms with van der Waals surface area (Å²) in [6, 6.07) is 3.43. The number of carbonyl (C=O) groups excluding carboxylic acids is 1. The van der Waals surface area contributed by atoms with Gasteiger partial charge in [0.2, 0.25) is 0 Å². The Morgan fingerprint density at radius 2 is 2.11 bits per heavy atom. The van der Waals surface area contributed by atoms with E-state index in [1.165, 1.54) is 12.1 Å². The van der Waals surface area contributed by atoms with E-state index in [4.69, 9.17) is 10.2 Å². The SMILES string of the molecule is Cc1c([C@@H](NC(N)=O)C(C)C)oc2ccc(F)cc12. The number of furan rings is 1. The van der Waals surface area contributed by atoms with E-state index < -0.39 is 6.03 Å². The summed E-state index contributed by atoms with van der Waals surface area (Å²) in [5.74, 6) is 0.415. The molecule has 2 aromatic rings. The molecular formula is C14H17FN2O2. The molecule has 0 aliphatic carbocycles. The fourth-order valence-corrected chi connectivity index (χ4v) is 2.20. The predicted molar refractivity (Wildman–Crippen MR) is 71.2 cm³/mol. The van der Waals surface area contributed by atoms with E-state index >= 15 is 0 Å². The minimum absolute atomic E-state index is 0.108. The van der Waals surface area contributed by atoms with Gasteiger partial charge in [-0.1, -0.05) is 13.8 Å². The predicted octanol–water partition coefficient (Wildman–Crippen LogP) is 3.25. The number of urea groups is 1. The van der Waals surface area contributed by atoms with Crippen LogP contribution in [-0.4, -0.2) is 6.03 Å². The van der Waals surface area contributed by atoms with Crippen LogP contribution in [0.2, 0.25) is 0 Å². The van der Waals surface area contributed by atoms with Crippen LogP contribution in [0.3, 0.4) is 0 Å². The van der Waals surface area contributed by atoms with Crippen LogP contribution in [0.15, 0.2) is 22.6 Å². The van der Waals surface area contributed by atoms with Gasteiger partial charge in [0.05, 0.1) is 6.04 Å². The lowest BCUT2D eigenvalue weighted by molar-refractivity contribution is 0.238. The van der Waals surface area contributed by atoms with Crippen LogP contribution < -0.4 is 11.1 Å². The third kappa shape index (κ3) is 2.54. The van der Waals surface area contributed by atoms with Gasteiger partial charge in [0.15, 0.2) is 0 Å². The van der Waals surface area contributed by atoms with Gasteiger partial charge in [0.1, 0.15) is 17.2 Å². The molecule has 102 valence electrons. The Morgan fingerprint density at radius 1 is 1.42 bits per heavy atom. The molecule has 1 atom stereocenters. The Bertz CT molecular complexity index is 619. The molecule has 5 heteroatoms. The maximum absolute atomic E-state index is 13.3. The molecule has 0 bridgehead atoms. The number of hydrogen-bond acceptors (Lipinski definition) is 2. The quantitative estimate of drug-likeness (QED) is 0.893. The second kappa shape index (κ2) is 4.91. The number of nitrogens with one attached hydrogen (secondary N) is 1. The number of fused-ring (bicyclic) bond motifs is 1. The zero-order chi connectivity index (χ0) is 14.2. The number of amides is 2. The van der Waals surface area contributed by atoms with Crippen molar-refractivity contribution < 1.29 is 13.6 Å². The second-order valence-electron chi connectivity index (χ2n) is 4.96. The van der Waals surface area contributed by atoms with Crippen molar-refractivity contribution in [1.29, 1.82) is 0 Å². The Labute approximate surface area is 110 Å². The molecule has 0 aliphatic rings. The summed E-state index contributed by atoms with van der Waals surface area (Å²) in [6.45, 7) is 5.75. The van der Waals surface area contributed by atoms with Crippen LogP contribution in [0.25, 0.3) is 11.0 Å². The molecule has 4 nitrogen and oxygen atoms in total. The molecule has 1 aromatic heterocycles. The topological polar surface area (TPSA) is 68.3 Å². The first-order chi connectivity index (χ1) is 8.90. The summed E-state index contributed by atoms with van der Waals surface area (Å²) in [7, 11) is 0. The minimum atomic E-state index is -0.607. The highest BCUT2D eigenvalue weighted by atomic mass is 19.1.